The predicted octanol–water partition coefficient (Wildman–Crippen LogP) is 2.99. The molecule has 0 aliphatic carbocycles. The molecule has 0 radical (unpaired) electrons. The number of aryl methyl sites for hydroxylation is 1. The highest BCUT2D eigenvalue weighted by Gasteiger charge is 2.17. The molecular formula is C23H42IN5O. The van der Waals surface area contributed by atoms with E-state index in [0.717, 1.165) is 44.3 Å². The predicted molar refractivity (Wildman–Crippen MR) is 139 cm³/mol. The average molecular weight is 532 g/mol. The third-order valence-electron chi connectivity index (χ3n) is 5.57. The van der Waals surface area contributed by atoms with E-state index in [-0.39, 0.29) is 24.0 Å². The number of halogens is 1. The molecule has 1 fully saturated rings. The van der Waals surface area contributed by atoms with Crippen LogP contribution in [0.4, 0.5) is 0 Å². The average Bonchev–Trinajstić information content (AvgIpc) is 2.73. The van der Waals surface area contributed by atoms with Gasteiger partial charge >= 0.3 is 0 Å². The van der Waals surface area contributed by atoms with Gasteiger partial charge in [-0.05, 0) is 49.9 Å². The molecule has 0 amide bonds. The van der Waals surface area contributed by atoms with Crippen molar-refractivity contribution in [3.63, 3.8) is 0 Å². The summed E-state index contributed by atoms with van der Waals surface area (Å²) >= 11 is 0. The number of piperazine rings is 1. The minimum absolute atomic E-state index is 0. The summed E-state index contributed by atoms with van der Waals surface area (Å²) in [7, 11) is 1.73. The molecule has 1 aliphatic rings. The Hall–Kier alpha value is -1.06. The number of nitrogens with one attached hydrogen (secondary N) is 2. The zero-order valence-electron chi connectivity index (χ0n) is 19.5. The van der Waals surface area contributed by atoms with Crippen LogP contribution in [0.1, 0.15) is 31.9 Å². The highest BCUT2D eigenvalue weighted by Crippen LogP contribution is 2.19. The Morgan fingerprint density at radius 3 is 2.47 bits per heavy atom. The van der Waals surface area contributed by atoms with Crippen LogP contribution in [0.5, 0.6) is 5.75 Å². The fraction of sp³-hybridized carbons (Fsp3) is 0.696. The van der Waals surface area contributed by atoms with E-state index in [4.69, 9.17) is 9.73 Å². The number of ether oxygens (including phenoxy) is 1. The van der Waals surface area contributed by atoms with Crippen LogP contribution >= 0.6 is 24.0 Å². The van der Waals surface area contributed by atoms with Crippen LogP contribution in [0.25, 0.3) is 0 Å². The Kier molecular flexibility index (Phi) is 13.4. The molecule has 1 aromatic carbocycles. The van der Waals surface area contributed by atoms with Crippen LogP contribution in [0.15, 0.2) is 23.2 Å². The molecule has 0 bridgehead atoms. The molecule has 1 aliphatic heterocycles. The summed E-state index contributed by atoms with van der Waals surface area (Å²) in [6.45, 7) is 18.4. The Labute approximate surface area is 200 Å². The summed E-state index contributed by atoms with van der Waals surface area (Å²) in [4.78, 5) is 9.93. The SMILES string of the molecule is CCNC(=NCC(C)CN1CCN(CC)CC1)NCCc1ccc(C)c(OC)c1.I. The van der Waals surface area contributed by atoms with Crippen LogP contribution in [0, 0.1) is 12.8 Å². The molecule has 1 atom stereocenters. The maximum Gasteiger partial charge on any atom is 0.191 e. The lowest BCUT2D eigenvalue weighted by atomic mass is 10.1. The number of methoxy groups -OCH3 is 1. The molecule has 172 valence electrons. The Morgan fingerprint density at radius 2 is 1.83 bits per heavy atom. The molecule has 1 heterocycles. The lowest BCUT2D eigenvalue weighted by Gasteiger charge is -2.35. The quantitative estimate of drug-likeness (QED) is 0.276. The number of aliphatic imine (C=N–C) groups is 1. The molecule has 0 spiro atoms. The van der Waals surface area contributed by atoms with Crippen molar-refractivity contribution in [2.75, 3.05) is 66.0 Å². The molecule has 1 aromatic rings. The summed E-state index contributed by atoms with van der Waals surface area (Å²) in [6.07, 6.45) is 0.943. The van der Waals surface area contributed by atoms with E-state index in [2.05, 4.69) is 66.3 Å². The van der Waals surface area contributed by atoms with Crippen LogP contribution in [0.2, 0.25) is 0 Å². The first kappa shape index (κ1) is 27.0. The van der Waals surface area contributed by atoms with Gasteiger partial charge < -0.3 is 25.2 Å². The van der Waals surface area contributed by atoms with E-state index >= 15 is 0 Å². The van der Waals surface area contributed by atoms with Gasteiger partial charge in [0.25, 0.3) is 0 Å². The van der Waals surface area contributed by atoms with Gasteiger partial charge in [-0.2, -0.15) is 0 Å². The minimum atomic E-state index is 0. The minimum Gasteiger partial charge on any atom is -0.496 e. The van der Waals surface area contributed by atoms with E-state index in [1.807, 2.05) is 0 Å². The van der Waals surface area contributed by atoms with Gasteiger partial charge in [0, 0.05) is 52.4 Å². The molecule has 1 saturated heterocycles. The maximum atomic E-state index is 5.43. The smallest absolute Gasteiger partial charge is 0.191 e. The number of hydrogen-bond acceptors (Lipinski definition) is 4. The van der Waals surface area contributed by atoms with Crippen molar-refractivity contribution in [3.8, 4) is 5.75 Å². The van der Waals surface area contributed by atoms with Gasteiger partial charge in [-0.3, -0.25) is 4.99 Å². The number of hydrogen-bond donors (Lipinski definition) is 2. The van der Waals surface area contributed by atoms with E-state index in [1.54, 1.807) is 7.11 Å². The first-order valence-corrected chi connectivity index (χ1v) is 11.2. The maximum absolute atomic E-state index is 5.43. The van der Waals surface area contributed by atoms with Gasteiger partial charge in [-0.25, -0.2) is 0 Å². The lowest BCUT2D eigenvalue weighted by Crippen LogP contribution is -2.47. The lowest BCUT2D eigenvalue weighted by molar-refractivity contribution is 0.125. The van der Waals surface area contributed by atoms with Gasteiger partial charge in [-0.1, -0.05) is 26.0 Å². The molecule has 2 N–H and O–H groups in total. The second-order valence-electron chi connectivity index (χ2n) is 8.04. The Bertz CT molecular complexity index is 632. The van der Waals surface area contributed by atoms with Crippen molar-refractivity contribution in [2.24, 2.45) is 10.9 Å². The fourth-order valence-electron chi connectivity index (χ4n) is 3.72. The van der Waals surface area contributed by atoms with Crippen LogP contribution in [-0.2, 0) is 6.42 Å². The highest BCUT2D eigenvalue weighted by atomic mass is 127. The molecule has 1 unspecified atom stereocenters. The van der Waals surface area contributed by atoms with Crippen molar-refractivity contribution in [1.29, 1.82) is 0 Å². The number of nitrogens with zero attached hydrogens (tertiary/aromatic N) is 3. The van der Waals surface area contributed by atoms with Crippen molar-refractivity contribution in [3.05, 3.63) is 29.3 Å². The first-order chi connectivity index (χ1) is 14.0. The number of likely N-dealkylation sites (N-methyl/N-ethyl adjacent to an activating group) is 1. The second-order valence-corrected chi connectivity index (χ2v) is 8.04. The van der Waals surface area contributed by atoms with Gasteiger partial charge in [0.05, 0.1) is 7.11 Å². The van der Waals surface area contributed by atoms with Crippen molar-refractivity contribution in [1.82, 2.24) is 20.4 Å². The topological polar surface area (TPSA) is 52.1 Å². The number of rotatable bonds is 10. The molecule has 6 nitrogen and oxygen atoms in total. The highest BCUT2D eigenvalue weighted by molar-refractivity contribution is 14.0. The monoisotopic (exact) mass is 531 g/mol. The summed E-state index contributed by atoms with van der Waals surface area (Å²) in [5, 5.41) is 6.84. The zero-order chi connectivity index (χ0) is 21.1. The normalized spacial score (nSPS) is 16.6. The Balaban J connectivity index is 0.00000450. The van der Waals surface area contributed by atoms with Gasteiger partial charge in [0.2, 0.25) is 0 Å². The third kappa shape index (κ3) is 9.39. The van der Waals surface area contributed by atoms with Gasteiger partial charge in [0.1, 0.15) is 5.75 Å². The van der Waals surface area contributed by atoms with Crippen LogP contribution in [0.3, 0.4) is 0 Å². The van der Waals surface area contributed by atoms with Crippen molar-refractivity contribution < 1.29 is 4.74 Å². The van der Waals surface area contributed by atoms with E-state index in [0.29, 0.717) is 5.92 Å². The summed E-state index contributed by atoms with van der Waals surface area (Å²) in [5.74, 6) is 2.42. The second kappa shape index (κ2) is 14.9. The van der Waals surface area contributed by atoms with Gasteiger partial charge in [-0.15, -0.1) is 24.0 Å². The number of guanidine groups is 1. The van der Waals surface area contributed by atoms with E-state index in [9.17, 15) is 0 Å². The Morgan fingerprint density at radius 1 is 1.13 bits per heavy atom. The molecule has 0 saturated carbocycles. The van der Waals surface area contributed by atoms with E-state index in [1.165, 1.54) is 43.9 Å². The van der Waals surface area contributed by atoms with E-state index < -0.39 is 0 Å². The summed E-state index contributed by atoms with van der Waals surface area (Å²) in [6, 6.07) is 6.42. The molecular weight excluding hydrogens is 489 g/mol. The standard InChI is InChI=1S/C23H41N5O.HI/c1-6-24-23(25-11-10-21-9-8-20(4)22(16-21)29-5)26-17-19(3)18-28-14-12-27(7-2)13-15-28;/h8-9,16,19H,6-7,10-15,17-18H2,1-5H3,(H2,24,25,26);1H. The van der Waals surface area contributed by atoms with Crippen molar-refractivity contribution >= 4 is 29.9 Å². The molecule has 2 rings (SSSR count). The molecule has 0 aromatic heterocycles. The van der Waals surface area contributed by atoms with Gasteiger partial charge in [0.15, 0.2) is 5.96 Å². The number of benzene rings is 1. The summed E-state index contributed by atoms with van der Waals surface area (Å²) < 4.78 is 5.43. The van der Waals surface area contributed by atoms with Crippen LogP contribution < -0.4 is 15.4 Å². The summed E-state index contributed by atoms with van der Waals surface area (Å²) in [5.41, 5.74) is 2.44. The first-order valence-electron chi connectivity index (χ1n) is 11.2. The molecule has 7 heteroatoms. The van der Waals surface area contributed by atoms with Crippen molar-refractivity contribution in [2.45, 2.75) is 34.1 Å². The largest absolute Gasteiger partial charge is 0.496 e. The zero-order valence-corrected chi connectivity index (χ0v) is 21.9. The van der Waals surface area contributed by atoms with Crippen LogP contribution in [-0.4, -0.2) is 81.8 Å². The molecule has 30 heavy (non-hydrogen) atoms. The fourth-order valence-corrected chi connectivity index (χ4v) is 3.72. The third-order valence-corrected chi connectivity index (χ3v) is 5.57.